The van der Waals surface area contributed by atoms with Crippen molar-refractivity contribution in [2.75, 3.05) is 0 Å². The van der Waals surface area contributed by atoms with Crippen LogP contribution >= 0.6 is 11.3 Å². The molecule has 71 valence electrons. The summed E-state index contributed by atoms with van der Waals surface area (Å²) in [5, 5.41) is 9.99. The Labute approximate surface area is 112 Å². The van der Waals surface area contributed by atoms with Crippen LogP contribution in [0.3, 0.4) is 0 Å². The van der Waals surface area contributed by atoms with Gasteiger partial charge in [0.05, 0.1) is 0 Å². The molecular weight excluding hydrogens is 223 g/mol. The van der Waals surface area contributed by atoms with Gasteiger partial charge in [-0.2, -0.15) is 0 Å². The molecule has 1 N–H and O–H groups in total. The summed E-state index contributed by atoms with van der Waals surface area (Å²) in [7, 11) is 0. The van der Waals surface area contributed by atoms with E-state index in [2.05, 4.69) is 0 Å². The van der Waals surface area contributed by atoms with Crippen molar-refractivity contribution in [3.63, 3.8) is 0 Å². The minimum absolute atomic E-state index is 0. The molecule has 0 aliphatic carbocycles. The van der Waals surface area contributed by atoms with E-state index >= 15 is 0 Å². The molecule has 0 aliphatic heterocycles. The van der Waals surface area contributed by atoms with E-state index in [0.717, 1.165) is 11.3 Å². The summed E-state index contributed by atoms with van der Waals surface area (Å²) >= 11 is 0.760. The van der Waals surface area contributed by atoms with Crippen LogP contribution < -0.4 is 4.74 Å². The van der Waals surface area contributed by atoms with Crippen LogP contribution in [0.5, 0.6) is 0 Å². The molecule has 1 aromatic heterocycles. The minimum Gasteiger partial charge on any atom is -0.477 e. The zero-order chi connectivity index (χ0) is 10.1. The topological polar surface area (TPSA) is 54.4 Å². The molecule has 2 rings (SSSR count). The Kier molecular flexibility index (Phi) is 4.04. The first-order valence-electron chi connectivity index (χ1n) is 3.94. The summed E-state index contributed by atoms with van der Waals surface area (Å²) in [4.78, 5) is 22.2. The summed E-state index contributed by atoms with van der Waals surface area (Å²) in [6, 6.07) is 8.48. The van der Waals surface area contributed by atoms with E-state index in [4.69, 9.17) is 5.11 Å². The van der Waals surface area contributed by atoms with Gasteiger partial charge in [-0.15, -0.1) is 0 Å². The smallest absolute Gasteiger partial charge is 0.346 e. The molecule has 0 amide bonds. The van der Waals surface area contributed by atoms with Crippen molar-refractivity contribution in [2.45, 2.75) is 0 Å². The molecular formula is C10H6NaO3S. The van der Waals surface area contributed by atoms with Crippen LogP contribution in [0.1, 0.15) is 9.67 Å². The summed E-state index contributed by atoms with van der Waals surface area (Å²) in [6.45, 7) is 0. The summed E-state index contributed by atoms with van der Waals surface area (Å²) < 4.78 is -0.208. The molecule has 0 saturated carbocycles. The van der Waals surface area contributed by atoms with Gasteiger partial charge in [-0.05, 0) is 17.5 Å². The zero-order valence-corrected chi connectivity index (χ0v) is 10.9. The predicted molar refractivity (Wildman–Crippen MR) is 60.8 cm³/mol. The first-order chi connectivity index (χ1) is 6.68. The fourth-order valence-corrected chi connectivity index (χ4v) is 2.01. The Morgan fingerprint density at radius 1 is 1.27 bits per heavy atom. The van der Waals surface area contributed by atoms with Crippen LogP contribution in [0.25, 0.3) is 10.8 Å². The maximum atomic E-state index is 11.5. The standard InChI is InChI=1S/C10H6O3S.Na/c11-9(12)8-5-6-3-1-2-4-7(6)10(13)14-8;/h1-5H,(H,11,12);. The van der Waals surface area contributed by atoms with Crippen molar-refractivity contribution in [1.29, 1.82) is 0 Å². The second-order valence-electron chi connectivity index (χ2n) is 2.79. The van der Waals surface area contributed by atoms with E-state index in [9.17, 15) is 9.59 Å². The van der Waals surface area contributed by atoms with Gasteiger partial charge in [0, 0.05) is 34.9 Å². The van der Waals surface area contributed by atoms with Gasteiger partial charge in [-0.25, -0.2) is 4.79 Å². The largest absolute Gasteiger partial charge is 0.477 e. The molecule has 0 fully saturated rings. The molecule has 0 atom stereocenters. The molecule has 0 aliphatic rings. The van der Waals surface area contributed by atoms with Crippen LogP contribution in [0, 0.1) is 0 Å². The van der Waals surface area contributed by atoms with Crippen LogP contribution in [0.4, 0.5) is 0 Å². The van der Waals surface area contributed by atoms with Crippen molar-refractivity contribution in [1.82, 2.24) is 0 Å². The number of carbonyl (C=O) groups is 1. The van der Waals surface area contributed by atoms with Gasteiger partial charge in [-0.1, -0.05) is 29.5 Å². The van der Waals surface area contributed by atoms with E-state index in [1.807, 2.05) is 0 Å². The fraction of sp³-hybridized carbons (Fsp3) is 0. The number of rotatable bonds is 1. The number of aromatic carboxylic acids is 1. The Hall–Kier alpha value is -0.680. The molecule has 1 radical (unpaired) electrons. The SMILES string of the molecule is O=C(O)c1cc2ccccc2c(=O)s1.[Na]. The Morgan fingerprint density at radius 3 is 2.60 bits per heavy atom. The number of carboxylic acids is 1. The van der Waals surface area contributed by atoms with Gasteiger partial charge in [0.15, 0.2) is 0 Å². The van der Waals surface area contributed by atoms with Crippen molar-refractivity contribution >= 4 is 57.6 Å². The van der Waals surface area contributed by atoms with E-state index in [-0.39, 0.29) is 39.2 Å². The third kappa shape index (κ3) is 2.46. The van der Waals surface area contributed by atoms with Crippen molar-refractivity contribution < 1.29 is 9.90 Å². The Bertz CT molecular complexity index is 562. The number of benzene rings is 1. The average Bonchev–Trinajstić information content (AvgIpc) is 2.17. The molecule has 1 aromatic carbocycles. The molecule has 3 nitrogen and oxygen atoms in total. The number of hydrogen-bond donors (Lipinski definition) is 1. The van der Waals surface area contributed by atoms with E-state index in [1.165, 1.54) is 6.07 Å². The second-order valence-corrected chi connectivity index (χ2v) is 3.81. The number of fused-ring (bicyclic) bond motifs is 1. The van der Waals surface area contributed by atoms with Gasteiger partial charge >= 0.3 is 5.97 Å². The molecule has 0 bridgehead atoms. The van der Waals surface area contributed by atoms with Gasteiger partial charge in [0.2, 0.25) is 4.74 Å². The molecule has 1 heterocycles. The normalized spacial score (nSPS) is 9.60. The zero-order valence-electron chi connectivity index (χ0n) is 8.06. The summed E-state index contributed by atoms with van der Waals surface area (Å²) in [5.41, 5.74) is 0. The predicted octanol–water partition coefficient (Wildman–Crippen LogP) is 1.58. The third-order valence-corrected chi connectivity index (χ3v) is 2.80. The Morgan fingerprint density at radius 2 is 1.93 bits per heavy atom. The number of carboxylic acid groups (broad SMARTS) is 1. The van der Waals surface area contributed by atoms with Crippen molar-refractivity contribution in [2.24, 2.45) is 0 Å². The molecule has 2 aromatic rings. The van der Waals surface area contributed by atoms with Crippen LogP contribution in [0.2, 0.25) is 0 Å². The van der Waals surface area contributed by atoms with Gasteiger partial charge < -0.3 is 5.11 Å². The summed E-state index contributed by atoms with van der Waals surface area (Å²) in [5.74, 6) is -1.06. The molecule has 0 saturated heterocycles. The van der Waals surface area contributed by atoms with E-state index in [1.54, 1.807) is 24.3 Å². The monoisotopic (exact) mass is 229 g/mol. The average molecular weight is 229 g/mol. The van der Waals surface area contributed by atoms with Crippen LogP contribution in [-0.4, -0.2) is 40.6 Å². The number of hydrogen-bond acceptors (Lipinski definition) is 3. The molecule has 0 unspecified atom stereocenters. The van der Waals surface area contributed by atoms with E-state index < -0.39 is 5.97 Å². The maximum Gasteiger partial charge on any atom is 0.346 e. The molecule has 15 heavy (non-hydrogen) atoms. The fourth-order valence-electron chi connectivity index (χ4n) is 1.24. The van der Waals surface area contributed by atoms with Crippen LogP contribution in [-0.2, 0) is 0 Å². The quantitative estimate of drug-likeness (QED) is 0.755. The second kappa shape index (κ2) is 4.90. The maximum absolute atomic E-state index is 11.5. The van der Waals surface area contributed by atoms with Crippen molar-refractivity contribution in [3.05, 3.63) is 44.7 Å². The van der Waals surface area contributed by atoms with E-state index in [0.29, 0.717) is 10.8 Å². The van der Waals surface area contributed by atoms with Gasteiger partial charge in [0.1, 0.15) is 4.88 Å². The van der Waals surface area contributed by atoms with Gasteiger partial charge in [0.25, 0.3) is 0 Å². The van der Waals surface area contributed by atoms with Crippen molar-refractivity contribution in [3.8, 4) is 0 Å². The first kappa shape index (κ1) is 12.4. The Balaban J connectivity index is 0.00000112. The first-order valence-corrected chi connectivity index (χ1v) is 4.76. The van der Waals surface area contributed by atoms with Crippen LogP contribution in [0.15, 0.2) is 35.1 Å². The van der Waals surface area contributed by atoms with Gasteiger partial charge in [-0.3, -0.25) is 4.79 Å². The third-order valence-electron chi connectivity index (χ3n) is 1.88. The minimum atomic E-state index is -1.06. The summed E-state index contributed by atoms with van der Waals surface area (Å²) in [6.07, 6.45) is 0. The molecule has 5 heteroatoms. The molecule has 0 spiro atoms.